The maximum absolute atomic E-state index is 11.5. The second-order valence-corrected chi connectivity index (χ2v) is 4.63. The van der Waals surface area contributed by atoms with Crippen molar-refractivity contribution in [1.29, 1.82) is 0 Å². The Morgan fingerprint density at radius 3 is 2.74 bits per heavy atom. The second-order valence-electron chi connectivity index (χ2n) is 4.07. The van der Waals surface area contributed by atoms with Crippen LogP contribution >= 0.6 is 15.9 Å². The zero-order valence-electron chi connectivity index (χ0n) is 9.95. The molecule has 0 N–H and O–H groups in total. The van der Waals surface area contributed by atoms with Crippen molar-refractivity contribution in [3.05, 3.63) is 54.5 Å². The van der Waals surface area contributed by atoms with E-state index in [0.29, 0.717) is 10.9 Å². The van der Waals surface area contributed by atoms with Crippen molar-refractivity contribution in [3.63, 3.8) is 0 Å². The van der Waals surface area contributed by atoms with Gasteiger partial charge in [-0.3, -0.25) is 9.36 Å². The molecule has 0 saturated heterocycles. The van der Waals surface area contributed by atoms with Crippen molar-refractivity contribution in [2.24, 2.45) is 0 Å². The van der Waals surface area contributed by atoms with Gasteiger partial charge < -0.3 is 0 Å². The topological polar surface area (TPSA) is 47.8 Å². The van der Waals surface area contributed by atoms with E-state index in [4.69, 9.17) is 0 Å². The molecule has 0 amide bonds. The molecule has 94 valence electrons. The van der Waals surface area contributed by atoms with E-state index in [1.165, 1.54) is 0 Å². The molecule has 5 heteroatoms. The van der Waals surface area contributed by atoms with Crippen LogP contribution in [0.3, 0.4) is 0 Å². The maximum Gasteiger partial charge on any atom is 0.174 e. The maximum atomic E-state index is 11.5. The third-order valence-corrected chi connectivity index (χ3v) is 3.40. The lowest BCUT2D eigenvalue weighted by Gasteiger charge is -2.04. The minimum atomic E-state index is 0.0227. The molecule has 2 heterocycles. The molecule has 0 spiro atoms. The summed E-state index contributed by atoms with van der Waals surface area (Å²) in [6.45, 7) is 0. The molecule has 3 aromatic rings. The molecule has 3 rings (SSSR count). The Kier molecular flexibility index (Phi) is 3.13. The molecule has 0 radical (unpaired) electrons. The van der Waals surface area contributed by atoms with Crippen molar-refractivity contribution in [3.8, 4) is 5.82 Å². The average molecular weight is 316 g/mol. The number of imidazole rings is 1. The number of hydrogen-bond acceptors (Lipinski definition) is 3. The van der Waals surface area contributed by atoms with E-state index in [0.717, 1.165) is 16.9 Å². The molecule has 1 aromatic carbocycles. The Morgan fingerprint density at radius 2 is 2.00 bits per heavy atom. The lowest BCUT2D eigenvalue weighted by atomic mass is 10.2. The van der Waals surface area contributed by atoms with E-state index in [1.807, 2.05) is 34.9 Å². The van der Waals surface area contributed by atoms with Crippen LogP contribution in [0.1, 0.15) is 10.4 Å². The van der Waals surface area contributed by atoms with Gasteiger partial charge in [-0.1, -0.05) is 28.1 Å². The number of carbonyl (C=O) groups is 1. The number of Topliss-reactive ketones (excluding diaryl/α,β-unsaturated/α-hetero) is 1. The molecule has 0 aliphatic heterocycles. The van der Waals surface area contributed by atoms with E-state index in [1.54, 1.807) is 18.6 Å². The van der Waals surface area contributed by atoms with Crippen LogP contribution < -0.4 is 0 Å². The number of fused-ring (bicyclic) bond motifs is 1. The molecular formula is C14H10BrN3O. The number of para-hydroxylation sites is 2. The fraction of sp³-hybridized carbons (Fsp3) is 0.0714. The van der Waals surface area contributed by atoms with Crippen molar-refractivity contribution >= 4 is 32.7 Å². The fourth-order valence-electron chi connectivity index (χ4n) is 1.91. The van der Waals surface area contributed by atoms with Crippen molar-refractivity contribution in [2.75, 3.05) is 5.33 Å². The van der Waals surface area contributed by atoms with Gasteiger partial charge in [-0.05, 0) is 24.3 Å². The molecule has 2 aromatic heterocycles. The molecule has 0 unspecified atom stereocenters. The largest absolute Gasteiger partial charge is 0.293 e. The summed E-state index contributed by atoms with van der Waals surface area (Å²) in [5.41, 5.74) is 2.52. The molecule has 0 fully saturated rings. The molecule has 0 saturated carbocycles. The van der Waals surface area contributed by atoms with Crippen LogP contribution in [0.15, 0.2) is 48.9 Å². The van der Waals surface area contributed by atoms with Gasteiger partial charge in [0.15, 0.2) is 5.78 Å². The van der Waals surface area contributed by atoms with Crippen molar-refractivity contribution < 1.29 is 4.79 Å². The minimum Gasteiger partial charge on any atom is -0.293 e. The van der Waals surface area contributed by atoms with E-state index in [9.17, 15) is 4.79 Å². The summed E-state index contributed by atoms with van der Waals surface area (Å²) in [5.74, 6) is 0.773. The van der Waals surface area contributed by atoms with Crippen LogP contribution in [0.2, 0.25) is 0 Å². The Labute approximate surface area is 118 Å². The van der Waals surface area contributed by atoms with Crippen LogP contribution in [-0.4, -0.2) is 25.6 Å². The lowest BCUT2D eigenvalue weighted by Crippen LogP contribution is -2.02. The first-order valence-electron chi connectivity index (χ1n) is 5.77. The van der Waals surface area contributed by atoms with E-state index in [-0.39, 0.29) is 5.78 Å². The molecule has 0 aliphatic rings. The summed E-state index contributed by atoms with van der Waals surface area (Å²) in [6, 6.07) is 11.5. The standard InChI is InChI=1S/C14H10BrN3O/c15-7-13(19)10-5-6-14(16-8-10)18-9-17-11-3-1-2-4-12(11)18/h1-6,8-9H,7H2. The van der Waals surface area contributed by atoms with E-state index < -0.39 is 0 Å². The Hall–Kier alpha value is -2.01. The number of carbonyl (C=O) groups excluding carboxylic acids is 1. The highest BCUT2D eigenvalue weighted by atomic mass is 79.9. The second kappa shape index (κ2) is 4.93. The Balaban J connectivity index is 2.05. The molecule has 4 nitrogen and oxygen atoms in total. The van der Waals surface area contributed by atoms with Gasteiger partial charge in [-0.15, -0.1) is 0 Å². The normalized spacial score (nSPS) is 10.8. The van der Waals surface area contributed by atoms with Crippen LogP contribution in [0, 0.1) is 0 Å². The number of nitrogens with zero attached hydrogens (tertiary/aromatic N) is 3. The van der Waals surface area contributed by atoms with Crippen LogP contribution in [0.4, 0.5) is 0 Å². The first kappa shape index (κ1) is 12.0. The SMILES string of the molecule is O=C(CBr)c1ccc(-n2cnc3ccccc32)nc1. The number of hydrogen-bond donors (Lipinski definition) is 0. The van der Waals surface area contributed by atoms with Gasteiger partial charge in [0.05, 0.1) is 16.4 Å². The minimum absolute atomic E-state index is 0.0227. The molecule has 0 bridgehead atoms. The third kappa shape index (κ3) is 2.17. The summed E-state index contributed by atoms with van der Waals surface area (Å²) in [4.78, 5) is 20.2. The van der Waals surface area contributed by atoms with Gasteiger partial charge in [-0.2, -0.15) is 0 Å². The first-order chi connectivity index (χ1) is 9.29. The van der Waals surface area contributed by atoms with Gasteiger partial charge in [0.1, 0.15) is 12.1 Å². The lowest BCUT2D eigenvalue weighted by molar-refractivity contribution is 0.102. The summed E-state index contributed by atoms with van der Waals surface area (Å²) in [5, 5.41) is 0.308. The fourth-order valence-corrected chi connectivity index (χ4v) is 2.24. The first-order valence-corrected chi connectivity index (χ1v) is 6.89. The number of pyridine rings is 1. The van der Waals surface area contributed by atoms with E-state index >= 15 is 0 Å². The average Bonchev–Trinajstić information content (AvgIpc) is 2.90. The number of halogens is 1. The highest BCUT2D eigenvalue weighted by molar-refractivity contribution is 9.09. The zero-order valence-corrected chi connectivity index (χ0v) is 11.5. The zero-order chi connectivity index (χ0) is 13.2. The summed E-state index contributed by atoms with van der Waals surface area (Å²) < 4.78 is 1.90. The van der Waals surface area contributed by atoms with Gasteiger partial charge in [0.2, 0.25) is 0 Å². The quantitative estimate of drug-likeness (QED) is 0.551. The van der Waals surface area contributed by atoms with Crippen LogP contribution in [0.25, 0.3) is 16.9 Å². The third-order valence-electron chi connectivity index (χ3n) is 2.89. The van der Waals surface area contributed by atoms with Gasteiger partial charge in [0.25, 0.3) is 0 Å². The van der Waals surface area contributed by atoms with Gasteiger partial charge >= 0.3 is 0 Å². The number of aromatic nitrogens is 3. The van der Waals surface area contributed by atoms with E-state index in [2.05, 4.69) is 25.9 Å². The monoisotopic (exact) mass is 315 g/mol. The Bertz CT molecular complexity index is 734. The summed E-state index contributed by atoms with van der Waals surface area (Å²) in [6.07, 6.45) is 3.33. The number of alkyl halides is 1. The highest BCUT2D eigenvalue weighted by Gasteiger charge is 2.07. The van der Waals surface area contributed by atoms with Crippen molar-refractivity contribution in [1.82, 2.24) is 14.5 Å². The number of ketones is 1. The van der Waals surface area contributed by atoms with Crippen LogP contribution in [-0.2, 0) is 0 Å². The summed E-state index contributed by atoms with van der Waals surface area (Å²) >= 11 is 3.15. The number of rotatable bonds is 3. The van der Waals surface area contributed by atoms with Crippen molar-refractivity contribution in [2.45, 2.75) is 0 Å². The predicted octanol–water partition coefficient (Wildman–Crippen LogP) is 3.00. The Morgan fingerprint density at radius 1 is 1.16 bits per heavy atom. The predicted molar refractivity (Wildman–Crippen MR) is 77.0 cm³/mol. The molecule has 0 aliphatic carbocycles. The molecule has 19 heavy (non-hydrogen) atoms. The van der Waals surface area contributed by atoms with Gasteiger partial charge in [0, 0.05) is 11.8 Å². The summed E-state index contributed by atoms with van der Waals surface area (Å²) in [7, 11) is 0. The highest BCUT2D eigenvalue weighted by Crippen LogP contribution is 2.16. The smallest absolute Gasteiger partial charge is 0.174 e. The molecular weight excluding hydrogens is 306 g/mol. The number of benzene rings is 1. The van der Waals surface area contributed by atoms with Gasteiger partial charge in [-0.25, -0.2) is 9.97 Å². The molecule has 0 atom stereocenters. The van der Waals surface area contributed by atoms with Crippen LogP contribution in [0.5, 0.6) is 0 Å².